The number of sulfonamides is 1. The SMILES string of the molecule is C#CCC(C)NC(=O)c1ccc(S(N)(=O)=O)cc1C. The summed E-state index contributed by atoms with van der Waals surface area (Å²) in [5, 5.41) is 7.76. The summed E-state index contributed by atoms with van der Waals surface area (Å²) in [6.07, 6.45) is 5.59. The summed E-state index contributed by atoms with van der Waals surface area (Å²) < 4.78 is 22.4. The molecule has 3 N–H and O–H groups in total. The largest absolute Gasteiger partial charge is 0.349 e. The van der Waals surface area contributed by atoms with Gasteiger partial charge in [-0.15, -0.1) is 12.3 Å². The summed E-state index contributed by atoms with van der Waals surface area (Å²) in [6, 6.07) is 3.97. The molecule has 19 heavy (non-hydrogen) atoms. The topological polar surface area (TPSA) is 89.3 Å². The molecule has 0 spiro atoms. The lowest BCUT2D eigenvalue weighted by Crippen LogP contribution is -2.32. The highest BCUT2D eigenvalue weighted by Gasteiger charge is 2.14. The van der Waals surface area contributed by atoms with Crippen LogP contribution in [0.1, 0.15) is 29.3 Å². The van der Waals surface area contributed by atoms with Crippen molar-refractivity contribution in [1.29, 1.82) is 0 Å². The lowest BCUT2D eigenvalue weighted by Gasteiger charge is -2.13. The van der Waals surface area contributed by atoms with Crippen LogP contribution in [0, 0.1) is 19.3 Å². The van der Waals surface area contributed by atoms with Crippen LogP contribution in [-0.4, -0.2) is 20.4 Å². The minimum atomic E-state index is -3.76. The van der Waals surface area contributed by atoms with Crippen LogP contribution < -0.4 is 10.5 Å². The summed E-state index contributed by atoms with van der Waals surface area (Å²) in [6.45, 7) is 3.45. The first kappa shape index (κ1) is 15.2. The van der Waals surface area contributed by atoms with Gasteiger partial charge in [0.1, 0.15) is 0 Å². The lowest BCUT2D eigenvalue weighted by atomic mass is 10.1. The third kappa shape index (κ3) is 4.09. The van der Waals surface area contributed by atoms with E-state index in [0.717, 1.165) is 0 Å². The van der Waals surface area contributed by atoms with Gasteiger partial charge < -0.3 is 5.32 Å². The van der Waals surface area contributed by atoms with Crippen molar-refractivity contribution in [1.82, 2.24) is 5.32 Å². The Balaban J connectivity index is 2.98. The Labute approximate surface area is 113 Å². The van der Waals surface area contributed by atoms with E-state index in [2.05, 4.69) is 11.2 Å². The zero-order valence-electron chi connectivity index (χ0n) is 10.8. The Morgan fingerprint density at radius 2 is 2.16 bits per heavy atom. The van der Waals surface area contributed by atoms with Gasteiger partial charge in [-0.1, -0.05) is 0 Å². The van der Waals surface area contributed by atoms with Crippen LogP contribution >= 0.6 is 0 Å². The highest BCUT2D eigenvalue weighted by molar-refractivity contribution is 7.89. The van der Waals surface area contributed by atoms with Gasteiger partial charge in [-0.05, 0) is 37.6 Å². The van der Waals surface area contributed by atoms with Gasteiger partial charge >= 0.3 is 0 Å². The van der Waals surface area contributed by atoms with E-state index in [1.807, 2.05) is 0 Å². The van der Waals surface area contributed by atoms with Crippen molar-refractivity contribution in [2.75, 3.05) is 0 Å². The Morgan fingerprint density at radius 1 is 1.53 bits per heavy atom. The van der Waals surface area contributed by atoms with Gasteiger partial charge in [0, 0.05) is 18.0 Å². The number of rotatable bonds is 4. The summed E-state index contributed by atoms with van der Waals surface area (Å²) in [4.78, 5) is 11.9. The summed E-state index contributed by atoms with van der Waals surface area (Å²) in [7, 11) is -3.76. The van der Waals surface area contributed by atoms with E-state index in [0.29, 0.717) is 17.5 Å². The molecule has 1 aromatic rings. The van der Waals surface area contributed by atoms with Crippen molar-refractivity contribution in [3.05, 3.63) is 29.3 Å². The smallest absolute Gasteiger partial charge is 0.251 e. The van der Waals surface area contributed by atoms with Crippen LogP contribution in [0.15, 0.2) is 23.1 Å². The summed E-state index contributed by atoms with van der Waals surface area (Å²) >= 11 is 0. The molecule has 0 fully saturated rings. The van der Waals surface area contributed by atoms with Crippen molar-refractivity contribution in [3.63, 3.8) is 0 Å². The second-order valence-corrected chi connectivity index (χ2v) is 5.87. The third-order valence-corrected chi connectivity index (χ3v) is 3.48. The fourth-order valence-electron chi connectivity index (χ4n) is 1.60. The molecule has 0 saturated carbocycles. The number of terminal acetylenes is 1. The molecule has 0 aromatic heterocycles. The number of amides is 1. The predicted octanol–water partition coefficient (Wildman–Crippen LogP) is 0.784. The van der Waals surface area contributed by atoms with Gasteiger partial charge in [0.2, 0.25) is 10.0 Å². The van der Waals surface area contributed by atoms with E-state index in [1.165, 1.54) is 18.2 Å². The number of nitrogens with one attached hydrogen (secondary N) is 1. The average molecular weight is 280 g/mol. The van der Waals surface area contributed by atoms with Gasteiger partial charge in [0.25, 0.3) is 5.91 Å². The van der Waals surface area contributed by atoms with E-state index in [1.54, 1.807) is 13.8 Å². The zero-order chi connectivity index (χ0) is 14.6. The first-order chi connectivity index (χ1) is 8.75. The van der Waals surface area contributed by atoms with Gasteiger partial charge in [-0.3, -0.25) is 4.79 Å². The summed E-state index contributed by atoms with van der Waals surface area (Å²) in [5.74, 6) is 2.17. The number of primary sulfonamides is 1. The molecule has 1 atom stereocenters. The second-order valence-electron chi connectivity index (χ2n) is 4.30. The molecule has 6 heteroatoms. The zero-order valence-corrected chi connectivity index (χ0v) is 11.6. The highest BCUT2D eigenvalue weighted by atomic mass is 32.2. The van der Waals surface area contributed by atoms with Crippen LogP contribution in [0.25, 0.3) is 0 Å². The van der Waals surface area contributed by atoms with Crippen molar-refractivity contribution in [2.45, 2.75) is 31.2 Å². The monoisotopic (exact) mass is 280 g/mol. The number of aryl methyl sites for hydroxylation is 1. The van der Waals surface area contributed by atoms with Gasteiger partial charge in [-0.25, -0.2) is 13.6 Å². The maximum absolute atomic E-state index is 12.0. The van der Waals surface area contributed by atoms with E-state index < -0.39 is 10.0 Å². The van der Waals surface area contributed by atoms with Crippen molar-refractivity contribution in [2.24, 2.45) is 5.14 Å². The molecule has 1 unspecified atom stereocenters. The molecule has 0 radical (unpaired) electrons. The van der Waals surface area contributed by atoms with E-state index in [9.17, 15) is 13.2 Å². The van der Waals surface area contributed by atoms with Gasteiger partial charge in [0.05, 0.1) is 4.90 Å². The maximum atomic E-state index is 12.0. The highest BCUT2D eigenvalue weighted by Crippen LogP contribution is 2.14. The van der Waals surface area contributed by atoms with Crippen molar-refractivity contribution < 1.29 is 13.2 Å². The quantitative estimate of drug-likeness (QED) is 0.799. The Hall–Kier alpha value is -1.84. The molecule has 1 aromatic carbocycles. The van der Waals surface area contributed by atoms with Gasteiger partial charge in [0.15, 0.2) is 0 Å². The van der Waals surface area contributed by atoms with E-state index in [4.69, 9.17) is 11.6 Å². The molecule has 0 heterocycles. The van der Waals surface area contributed by atoms with Gasteiger partial charge in [-0.2, -0.15) is 0 Å². The molecule has 0 aliphatic rings. The Morgan fingerprint density at radius 3 is 2.63 bits per heavy atom. The van der Waals surface area contributed by atoms with Crippen LogP contribution in [0.4, 0.5) is 0 Å². The molecule has 1 amide bonds. The van der Waals surface area contributed by atoms with Crippen LogP contribution in [-0.2, 0) is 10.0 Å². The molecule has 0 saturated heterocycles. The fraction of sp³-hybridized carbons (Fsp3) is 0.308. The normalized spacial score (nSPS) is 12.5. The van der Waals surface area contributed by atoms with Crippen molar-refractivity contribution >= 4 is 15.9 Å². The molecule has 0 bridgehead atoms. The third-order valence-electron chi connectivity index (χ3n) is 2.57. The number of hydrogen-bond acceptors (Lipinski definition) is 3. The molecule has 0 aliphatic heterocycles. The number of carbonyl (C=O) groups excluding carboxylic acids is 1. The molecule has 0 aliphatic carbocycles. The standard InChI is InChI=1S/C13H16N2O3S/c1-4-5-10(3)15-13(16)12-7-6-11(8-9(12)2)19(14,17)18/h1,6-8,10H,5H2,2-3H3,(H,15,16)(H2,14,17,18). The van der Waals surface area contributed by atoms with Crippen LogP contribution in [0.5, 0.6) is 0 Å². The fourth-order valence-corrected chi connectivity index (χ4v) is 2.20. The van der Waals surface area contributed by atoms with E-state index >= 15 is 0 Å². The summed E-state index contributed by atoms with van der Waals surface area (Å²) in [5.41, 5.74) is 0.938. The minimum absolute atomic E-state index is 0.0155. The lowest BCUT2D eigenvalue weighted by molar-refractivity contribution is 0.0940. The first-order valence-corrected chi connectivity index (χ1v) is 7.18. The first-order valence-electron chi connectivity index (χ1n) is 5.63. The molecular weight excluding hydrogens is 264 g/mol. The van der Waals surface area contributed by atoms with Crippen LogP contribution in [0.2, 0.25) is 0 Å². The second kappa shape index (κ2) is 5.87. The Bertz CT molecular complexity index is 630. The van der Waals surface area contributed by atoms with Crippen LogP contribution in [0.3, 0.4) is 0 Å². The minimum Gasteiger partial charge on any atom is -0.349 e. The number of nitrogens with two attached hydrogens (primary N) is 1. The molecule has 5 nitrogen and oxygen atoms in total. The number of hydrogen-bond donors (Lipinski definition) is 2. The van der Waals surface area contributed by atoms with E-state index in [-0.39, 0.29) is 16.8 Å². The average Bonchev–Trinajstić information content (AvgIpc) is 2.27. The van der Waals surface area contributed by atoms with Crippen molar-refractivity contribution in [3.8, 4) is 12.3 Å². The Kier molecular flexibility index (Phi) is 4.70. The maximum Gasteiger partial charge on any atom is 0.251 e. The molecular formula is C13H16N2O3S. The predicted molar refractivity (Wildman–Crippen MR) is 72.9 cm³/mol. The number of carbonyl (C=O) groups is 1. The molecule has 102 valence electrons. The number of benzene rings is 1. The molecule has 1 rings (SSSR count).